The smallest absolute Gasteiger partial charge is 0.326 e. The molecule has 2 aliphatic rings. The first kappa shape index (κ1) is 12.4. The second kappa shape index (κ2) is 5.04. The highest BCUT2D eigenvalue weighted by Gasteiger charge is 2.40. The Labute approximate surface area is 101 Å². The molecule has 17 heavy (non-hydrogen) atoms. The van der Waals surface area contributed by atoms with E-state index in [1.165, 1.54) is 0 Å². The zero-order chi connectivity index (χ0) is 12.4. The zero-order valence-electron chi connectivity index (χ0n) is 9.89. The molecule has 2 saturated carbocycles. The largest absolute Gasteiger partial charge is 0.480 e. The summed E-state index contributed by atoms with van der Waals surface area (Å²) in [5, 5.41) is 11.7. The summed E-state index contributed by atoms with van der Waals surface area (Å²) in [6.07, 6.45) is 4.64. The third-order valence-corrected chi connectivity index (χ3v) is 3.96. The van der Waals surface area contributed by atoms with E-state index in [-0.39, 0.29) is 23.7 Å². The molecule has 0 aromatic rings. The van der Waals surface area contributed by atoms with Crippen LogP contribution < -0.4 is 11.1 Å². The number of nitrogens with two attached hydrogens (primary N) is 1. The highest BCUT2D eigenvalue weighted by molar-refractivity contribution is 5.85. The van der Waals surface area contributed by atoms with Crippen molar-refractivity contribution in [3.8, 4) is 0 Å². The van der Waals surface area contributed by atoms with E-state index < -0.39 is 12.0 Å². The van der Waals surface area contributed by atoms with Crippen LogP contribution in [0.15, 0.2) is 0 Å². The molecule has 2 fully saturated rings. The van der Waals surface area contributed by atoms with Crippen molar-refractivity contribution in [3.63, 3.8) is 0 Å². The van der Waals surface area contributed by atoms with Crippen molar-refractivity contribution >= 4 is 11.9 Å². The van der Waals surface area contributed by atoms with Gasteiger partial charge in [0.2, 0.25) is 5.91 Å². The monoisotopic (exact) mass is 240 g/mol. The lowest BCUT2D eigenvalue weighted by Crippen LogP contribution is -2.46. The Balaban J connectivity index is 1.92. The second-order valence-corrected chi connectivity index (χ2v) is 5.20. The Morgan fingerprint density at radius 3 is 2.53 bits per heavy atom. The molecule has 2 aliphatic carbocycles. The minimum Gasteiger partial charge on any atom is -0.480 e. The van der Waals surface area contributed by atoms with Crippen molar-refractivity contribution in [2.75, 3.05) is 6.54 Å². The summed E-state index contributed by atoms with van der Waals surface area (Å²) in [6, 6.07) is -0.693. The van der Waals surface area contributed by atoms with Crippen LogP contribution in [-0.2, 0) is 9.59 Å². The molecule has 5 heteroatoms. The lowest BCUT2D eigenvalue weighted by Gasteiger charge is -2.20. The van der Waals surface area contributed by atoms with E-state index >= 15 is 0 Å². The van der Waals surface area contributed by atoms with Crippen molar-refractivity contribution in [3.05, 3.63) is 0 Å². The van der Waals surface area contributed by atoms with Crippen LogP contribution in [0.5, 0.6) is 0 Å². The molecule has 0 spiro atoms. The minimum atomic E-state index is -0.914. The van der Waals surface area contributed by atoms with Gasteiger partial charge in [0, 0.05) is 5.92 Å². The van der Waals surface area contributed by atoms with Gasteiger partial charge in [-0.1, -0.05) is 6.42 Å². The van der Waals surface area contributed by atoms with Gasteiger partial charge in [-0.15, -0.1) is 0 Å². The molecule has 0 heterocycles. The van der Waals surface area contributed by atoms with Crippen molar-refractivity contribution < 1.29 is 14.7 Å². The number of carboxylic acid groups (broad SMARTS) is 1. The highest BCUT2D eigenvalue weighted by atomic mass is 16.4. The predicted octanol–water partition coefficient (Wildman–Crippen LogP) is 0.341. The Morgan fingerprint density at radius 2 is 2.00 bits per heavy atom. The number of amides is 1. The van der Waals surface area contributed by atoms with Gasteiger partial charge >= 0.3 is 5.97 Å². The number of nitrogens with one attached hydrogen (secondary N) is 1. The molecule has 4 N–H and O–H groups in total. The SMILES string of the molecule is NCC1CCCC1C(=O)NC(C(=O)O)C1CC1. The molecular formula is C12H20N2O3. The van der Waals surface area contributed by atoms with Gasteiger partial charge < -0.3 is 16.2 Å². The van der Waals surface area contributed by atoms with Gasteiger partial charge in [0.25, 0.3) is 0 Å². The van der Waals surface area contributed by atoms with Crippen LogP contribution in [0.3, 0.4) is 0 Å². The standard InChI is InChI=1S/C12H20N2O3/c13-6-8-2-1-3-9(8)11(15)14-10(12(16)17)7-4-5-7/h7-10H,1-6,13H2,(H,14,15)(H,16,17). The fourth-order valence-corrected chi connectivity index (χ4v) is 2.74. The number of rotatable bonds is 5. The fraction of sp³-hybridized carbons (Fsp3) is 0.833. The van der Waals surface area contributed by atoms with Crippen LogP contribution in [0.25, 0.3) is 0 Å². The molecule has 1 amide bonds. The molecule has 0 radical (unpaired) electrons. The topological polar surface area (TPSA) is 92.4 Å². The minimum absolute atomic E-state index is 0.0828. The van der Waals surface area contributed by atoms with Crippen LogP contribution in [0.4, 0.5) is 0 Å². The van der Waals surface area contributed by atoms with Gasteiger partial charge in [0.15, 0.2) is 0 Å². The Bertz CT molecular complexity index is 315. The second-order valence-electron chi connectivity index (χ2n) is 5.20. The van der Waals surface area contributed by atoms with E-state index in [2.05, 4.69) is 5.32 Å². The van der Waals surface area contributed by atoms with Crippen LogP contribution in [0.2, 0.25) is 0 Å². The van der Waals surface area contributed by atoms with Crippen molar-refractivity contribution in [1.82, 2.24) is 5.32 Å². The highest BCUT2D eigenvalue weighted by Crippen LogP contribution is 2.34. The average Bonchev–Trinajstić information content (AvgIpc) is 3.01. The maximum absolute atomic E-state index is 12.0. The quantitative estimate of drug-likeness (QED) is 0.646. The molecule has 96 valence electrons. The number of aliphatic carboxylic acids is 1. The van der Waals surface area contributed by atoms with E-state index in [0.29, 0.717) is 6.54 Å². The van der Waals surface area contributed by atoms with Gasteiger partial charge in [-0.25, -0.2) is 4.79 Å². The molecule has 0 aromatic carbocycles. The molecule has 0 bridgehead atoms. The van der Waals surface area contributed by atoms with E-state index in [0.717, 1.165) is 32.1 Å². The van der Waals surface area contributed by atoms with Gasteiger partial charge in [-0.2, -0.15) is 0 Å². The van der Waals surface area contributed by atoms with Crippen molar-refractivity contribution in [2.24, 2.45) is 23.5 Å². The molecule has 5 nitrogen and oxygen atoms in total. The summed E-state index contributed by atoms with van der Waals surface area (Å²) in [5.74, 6) is -0.751. The summed E-state index contributed by atoms with van der Waals surface area (Å²) < 4.78 is 0. The zero-order valence-corrected chi connectivity index (χ0v) is 9.89. The maximum Gasteiger partial charge on any atom is 0.326 e. The summed E-state index contributed by atoms with van der Waals surface area (Å²) in [7, 11) is 0. The third-order valence-electron chi connectivity index (χ3n) is 3.96. The summed E-state index contributed by atoms with van der Waals surface area (Å²) in [4.78, 5) is 23.1. The lowest BCUT2D eigenvalue weighted by molar-refractivity contribution is -0.143. The molecule has 3 unspecified atom stereocenters. The van der Waals surface area contributed by atoms with E-state index in [1.807, 2.05) is 0 Å². The number of carbonyl (C=O) groups is 2. The van der Waals surface area contributed by atoms with Crippen LogP contribution >= 0.6 is 0 Å². The number of hydrogen-bond donors (Lipinski definition) is 3. The molecule has 3 atom stereocenters. The number of carbonyl (C=O) groups excluding carboxylic acids is 1. The van der Waals surface area contributed by atoms with Crippen molar-refractivity contribution in [1.29, 1.82) is 0 Å². The molecular weight excluding hydrogens is 220 g/mol. The van der Waals surface area contributed by atoms with Gasteiger partial charge in [-0.3, -0.25) is 4.79 Å². The number of hydrogen-bond acceptors (Lipinski definition) is 3. The molecule has 0 aliphatic heterocycles. The lowest BCUT2D eigenvalue weighted by atomic mass is 9.95. The van der Waals surface area contributed by atoms with Gasteiger partial charge in [0.1, 0.15) is 6.04 Å². The molecule has 0 aromatic heterocycles. The maximum atomic E-state index is 12.0. The number of carboxylic acids is 1. The van der Waals surface area contributed by atoms with Crippen molar-refractivity contribution in [2.45, 2.75) is 38.1 Å². The van der Waals surface area contributed by atoms with Crippen LogP contribution in [0, 0.1) is 17.8 Å². The van der Waals surface area contributed by atoms with E-state index in [4.69, 9.17) is 10.8 Å². The summed E-state index contributed by atoms with van der Waals surface area (Å²) >= 11 is 0. The van der Waals surface area contributed by atoms with Crippen LogP contribution in [0.1, 0.15) is 32.1 Å². The average molecular weight is 240 g/mol. The predicted molar refractivity (Wildman–Crippen MR) is 62.2 cm³/mol. The van der Waals surface area contributed by atoms with E-state index in [9.17, 15) is 9.59 Å². The fourth-order valence-electron chi connectivity index (χ4n) is 2.74. The normalized spacial score (nSPS) is 29.9. The summed E-state index contributed by atoms with van der Waals surface area (Å²) in [5.41, 5.74) is 5.63. The molecule has 0 saturated heterocycles. The first-order valence-electron chi connectivity index (χ1n) is 6.36. The first-order chi connectivity index (χ1) is 8.13. The first-order valence-corrected chi connectivity index (χ1v) is 6.36. The third kappa shape index (κ3) is 2.77. The Morgan fingerprint density at radius 1 is 1.29 bits per heavy atom. The Hall–Kier alpha value is -1.10. The van der Waals surface area contributed by atoms with Crippen LogP contribution in [-0.4, -0.2) is 29.6 Å². The van der Waals surface area contributed by atoms with Gasteiger partial charge in [-0.05, 0) is 44.1 Å². The van der Waals surface area contributed by atoms with Gasteiger partial charge in [0.05, 0.1) is 0 Å². The van der Waals surface area contributed by atoms with E-state index in [1.54, 1.807) is 0 Å². The summed E-state index contributed by atoms with van der Waals surface area (Å²) in [6.45, 7) is 0.513. The Kier molecular flexibility index (Phi) is 3.66. The molecule has 2 rings (SSSR count).